The summed E-state index contributed by atoms with van der Waals surface area (Å²) in [5.74, 6) is -0.261. The van der Waals surface area contributed by atoms with Gasteiger partial charge >= 0.3 is 12.0 Å². The summed E-state index contributed by atoms with van der Waals surface area (Å²) in [6.45, 7) is 4.95. The number of hydrogen-bond donors (Lipinski definition) is 2. The van der Waals surface area contributed by atoms with Crippen LogP contribution in [0.3, 0.4) is 0 Å². The number of amides is 2. The molecule has 1 aliphatic rings. The highest BCUT2D eigenvalue weighted by Crippen LogP contribution is 2.27. The Labute approximate surface area is 102 Å². The van der Waals surface area contributed by atoms with Crippen molar-refractivity contribution < 1.29 is 14.7 Å². The molecule has 0 aromatic heterocycles. The molecule has 0 unspecified atom stereocenters. The molecule has 5 heteroatoms. The third kappa shape index (κ3) is 4.63. The average molecular weight is 242 g/mol. The lowest BCUT2D eigenvalue weighted by Gasteiger charge is -2.34. The summed E-state index contributed by atoms with van der Waals surface area (Å²) >= 11 is 0. The highest BCUT2D eigenvalue weighted by Gasteiger charge is 2.25. The van der Waals surface area contributed by atoms with E-state index >= 15 is 0 Å². The molecular weight excluding hydrogens is 220 g/mol. The molecule has 2 N–H and O–H groups in total. The van der Waals surface area contributed by atoms with Gasteiger partial charge in [-0.05, 0) is 32.6 Å². The molecule has 1 fully saturated rings. The zero-order valence-corrected chi connectivity index (χ0v) is 10.6. The minimum Gasteiger partial charge on any atom is -0.481 e. The molecule has 0 heterocycles. The highest BCUT2D eigenvalue weighted by molar-refractivity contribution is 5.75. The van der Waals surface area contributed by atoms with E-state index in [4.69, 9.17) is 5.11 Å². The maximum atomic E-state index is 11.9. The van der Waals surface area contributed by atoms with Gasteiger partial charge in [-0.1, -0.05) is 6.42 Å². The van der Waals surface area contributed by atoms with E-state index < -0.39 is 5.97 Å². The first-order valence-corrected chi connectivity index (χ1v) is 6.27. The number of carboxylic acids is 1. The van der Waals surface area contributed by atoms with Gasteiger partial charge in [0.25, 0.3) is 0 Å². The third-order valence-corrected chi connectivity index (χ3v) is 3.18. The largest absolute Gasteiger partial charge is 0.481 e. The first-order chi connectivity index (χ1) is 8.00. The second kappa shape index (κ2) is 6.47. The van der Waals surface area contributed by atoms with Crippen molar-refractivity contribution in [2.24, 2.45) is 5.92 Å². The molecule has 1 aliphatic carbocycles. The average Bonchev–Trinajstić information content (AvgIpc) is 2.14. The van der Waals surface area contributed by atoms with E-state index in [1.54, 1.807) is 4.90 Å². The lowest BCUT2D eigenvalue weighted by molar-refractivity contribution is -0.136. The predicted octanol–water partition coefficient (Wildman–Crippen LogP) is 1.68. The quantitative estimate of drug-likeness (QED) is 0.744. The molecule has 17 heavy (non-hydrogen) atoms. The van der Waals surface area contributed by atoms with E-state index in [1.165, 1.54) is 19.3 Å². The first kappa shape index (κ1) is 13.8. The predicted molar refractivity (Wildman–Crippen MR) is 64.8 cm³/mol. The van der Waals surface area contributed by atoms with Gasteiger partial charge < -0.3 is 15.3 Å². The fourth-order valence-electron chi connectivity index (χ4n) is 1.86. The maximum Gasteiger partial charge on any atom is 0.317 e. The van der Waals surface area contributed by atoms with Crippen molar-refractivity contribution in [2.45, 2.75) is 45.6 Å². The summed E-state index contributed by atoms with van der Waals surface area (Å²) in [5, 5.41) is 11.2. The van der Waals surface area contributed by atoms with E-state index in [0.717, 1.165) is 6.54 Å². The van der Waals surface area contributed by atoms with Crippen molar-refractivity contribution in [3.05, 3.63) is 0 Å². The fraction of sp³-hybridized carbons (Fsp3) is 0.833. The second-order valence-corrected chi connectivity index (χ2v) is 4.92. The van der Waals surface area contributed by atoms with Crippen molar-refractivity contribution >= 4 is 12.0 Å². The Hall–Kier alpha value is -1.26. The van der Waals surface area contributed by atoms with E-state index in [1.807, 2.05) is 13.8 Å². The van der Waals surface area contributed by atoms with Gasteiger partial charge in [0.05, 0.1) is 6.42 Å². The van der Waals surface area contributed by atoms with Crippen LogP contribution in [0.25, 0.3) is 0 Å². The van der Waals surface area contributed by atoms with E-state index in [-0.39, 0.29) is 25.0 Å². The molecule has 0 radical (unpaired) electrons. The Bertz CT molecular complexity index is 275. The van der Waals surface area contributed by atoms with E-state index in [0.29, 0.717) is 5.92 Å². The molecule has 0 aromatic rings. The van der Waals surface area contributed by atoms with Gasteiger partial charge in [-0.15, -0.1) is 0 Å². The molecular formula is C12H22N2O3. The van der Waals surface area contributed by atoms with Gasteiger partial charge in [-0.3, -0.25) is 4.79 Å². The molecule has 2 amide bonds. The topological polar surface area (TPSA) is 69.6 Å². The minimum absolute atomic E-state index is 0.0267. The van der Waals surface area contributed by atoms with Crippen molar-refractivity contribution in [1.29, 1.82) is 0 Å². The number of nitrogens with one attached hydrogen (secondary N) is 1. The van der Waals surface area contributed by atoms with Crippen LogP contribution in [0.2, 0.25) is 0 Å². The minimum atomic E-state index is -0.889. The number of rotatable bonds is 6. The van der Waals surface area contributed by atoms with Crippen LogP contribution in [0.4, 0.5) is 4.79 Å². The van der Waals surface area contributed by atoms with E-state index in [2.05, 4.69) is 5.32 Å². The Balaban J connectivity index is 2.34. The zero-order chi connectivity index (χ0) is 12.8. The van der Waals surface area contributed by atoms with Crippen LogP contribution < -0.4 is 5.32 Å². The third-order valence-electron chi connectivity index (χ3n) is 3.18. The Kier molecular flexibility index (Phi) is 5.25. The van der Waals surface area contributed by atoms with Gasteiger partial charge in [0.15, 0.2) is 0 Å². The monoisotopic (exact) mass is 242 g/mol. The van der Waals surface area contributed by atoms with Gasteiger partial charge in [-0.25, -0.2) is 4.79 Å². The summed E-state index contributed by atoms with van der Waals surface area (Å²) in [4.78, 5) is 24.0. The summed E-state index contributed by atoms with van der Waals surface area (Å²) in [6, 6.07) is 0.00794. The summed E-state index contributed by atoms with van der Waals surface area (Å²) < 4.78 is 0. The van der Waals surface area contributed by atoms with Crippen molar-refractivity contribution in [2.75, 3.05) is 13.1 Å². The lowest BCUT2D eigenvalue weighted by atomic mass is 9.85. The molecule has 0 bridgehead atoms. The highest BCUT2D eigenvalue weighted by atomic mass is 16.4. The number of urea groups is 1. The van der Waals surface area contributed by atoms with Gasteiger partial charge in [0, 0.05) is 19.1 Å². The first-order valence-electron chi connectivity index (χ1n) is 6.27. The molecule has 0 atom stereocenters. The Morgan fingerprint density at radius 3 is 2.47 bits per heavy atom. The summed E-state index contributed by atoms with van der Waals surface area (Å²) in [5.41, 5.74) is 0. The zero-order valence-electron chi connectivity index (χ0n) is 10.6. The van der Waals surface area contributed by atoms with E-state index in [9.17, 15) is 9.59 Å². The number of aliphatic carboxylic acids is 1. The normalized spacial score (nSPS) is 15.5. The van der Waals surface area contributed by atoms with Crippen LogP contribution in [0.15, 0.2) is 0 Å². The van der Waals surface area contributed by atoms with Crippen LogP contribution in [-0.4, -0.2) is 41.1 Å². The van der Waals surface area contributed by atoms with Crippen LogP contribution in [0.5, 0.6) is 0 Å². The van der Waals surface area contributed by atoms with Crippen molar-refractivity contribution in [3.8, 4) is 0 Å². The number of nitrogens with zero attached hydrogens (tertiary/aromatic N) is 1. The van der Waals surface area contributed by atoms with Gasteiger partial charge in [0.1, 0.15) is 0 Å². The summed E-state index contributed by atoms with van der Waals surface area (Å²) in [7, 11) is 0. The molecule has 1 rings (SSSR count). The van der Waals surface area contributed by atoms with Crippen LogP contribution in [-0.2, 0) is 4.79 Å². The van der Waals surface area contributed by atoms with Crippen LogP contribution in [0, 0.1) is 5.92 Å². The molecule has 0 saturated heterocycles. The second-order valence-electron chi connectivity index (χ2n) is 4.92. The van der Waals surface area contributed by atoms with Crippen LogP contribution in [0.1, 0.15) is 39.5 Å². The fourth-order valence-corrected chi connectivity index (χ4v) is 1.86. The maximum absolute atomic E-state index is 11.9. The molecule has 0 aliphatic heterocycles. The number of hydrogen-bond acceptors (Lipinski definition) is 2. The Morgan fingerprint density at radius 2 is 2.06 bits per heavy atom. The number of carboxylic acid groups (broad SMARTS) is 1. The molecule has 0 aromatic carbocycles. The molecule has 1 saturated carbocycles. The standard InChI is InChI=1S/C12H22N2O3/c1-9(2)14(8-10-4-3-5-10)12(17)13-7-6-11(15)16/h9-10H,3-8H2,1-2H3,(H,13,17)(H,15,16). The smallest absolute Gasteiger partial charge is 0.317 e. The Morgan fingerprint density at radius 1 is 1.41 bits per heavy atom. The summed E-state index contributed by atoms with van der Waals surface area (Å²) in [6.07, 6.45) is 3.63. The number of carbonyl (C=O) groups excluding carboxylic acids is 1. The molecule has 5 nitrogen and oxygen atoms in total. The molecule has 98 valence electrons. The van der Waals surface area contributed by atoms with Gasteiger partial charge in [0.2, 0.25) is 0 Å². The van der Waals surface area contributed by atoms with Crippen LogP contribution >= 0.6 is 0 Å². The van der Waals surface area contributed by atoms with Crippen molar-refractivity contribution in [3.63, 3.8) is 0 Å². The van der Waals surface area contributed by atoms with Crippen molar-refractivity contribution in [1.82, 2.24) is 10.2 Å². The lowest BCUT2D eigenvalue weighted by Crippen LogP contribution is -2.47. The van der Waals surface area contributed by atoms with Gasteiger partial charge in [-0.2, -0.15) is 0 Å². The molecule has 0 spiro atoms. The number of carbonyl (C=O) groups is 2. The SMILES string of the molecule is CC(C)N(CC1CCC1)C(=O)NCCC(=O)O.